The quantitative estimate of drug-likeness (QED) is 0.731. The van der Waals surface area contributed by atoms with E-state index in [2.05, 4.69) is 10.2 Å². The molecule has 3 aromatic rings. The Morgan fingerprint density at radius 3 is 2.43 bits per heavy atom. The molecule has 0 saturated carbocycles. The zero-order chi connectivity index (χ0) is 15.0. The van der Waals surface area contributed by atoms with E-state index in [9.17, 15) is 4.79 Å². The number of aromatic nitrogens is 2. The molecule has 0 aliphatic heterocycles. The highest BCUT2D eigenvalue weighted by atomic mass is 16.1. The van der Waals surface area contributed by atoms with Crippen LogP contribution in [0.15, 0.2) is 42.5 Å². The lowest BCUT2D eigenvalue weighted by atomic mass is 10.0. The molecule has 0 unspecified atom stereocenters. The fourth-order valence-corrected chi connectivity index (χ4v) is 2.30. The molecule has 0 atom stereocenters. The molecule has 2 N–H and O–H groups in total. The first kappa shape index (κ1) is 13.2. The van der Waals surface area contributed by atoms with Gasteiger partial charge in [-0.1, -0.05) is 48.0 Å². The van der Waals surface area contributed by atoms with Crippen molar-refractivity contribution >= 4 is 22.4 Å². The molecule has 104 valence electrons. The first-order valence-corrected chi connectivity index (χ1v) is 6.71. The molecule has 2 aromatic carbocycles. The number of nitrogen functional groups attached to an aromatic ring is 1. The monoisotopic (exact) mass is 277 g/mol. The second-order valence-corrected chi connectivity index (χ2v) is 5.13. The van der Waals surface area contributed by atoms with E-state index < -0.39 is 0 Å². The van der Waals surface area contributed by atoms with Gasteiger partial charge >= 0.3 is 0 Å². The predicted octanol–water partition coefficient (Wildman–Crippen LogP) is 3.06. The van der Waals surface area contributed by atoms with Gasteiger partial charge in [0, 0.05) is 10.9 Å². The second kappa shape index (κ2) is 4.98. The lowest BCUT2D eigenvalue weighted by Gasteiger charge is -2.08. The molecule has 0 fully saturated rings. The van der Waals surface area contributed by atoms with E-state index >= 15 is 0 Å². The summed E-state index contributed by atoms with van der Waals surface area (Å²) in [5.74, 6) is -0.205. The van der Waals surface area contributed by atoms with Crippen LogP contribution in [-0.4, -0.2) is 16.0 Å². The number of nitrogens with zero attached hydrogens (tertiary/aromatic N) is 2. The molecule has 0 bridgehead atoms. The molecule has 21 heavy (non-hydrogen) atoms. The van der Waals surface area contributed by atoms with Gasteiger partial charge in [-0.2, -0.15) is 0 Å². The number of hydrogen-bond donors (Lipinski definition) is 1. The molecule has 1 heterocycles. The average molecular weight is 277 g/mol. The minimum absolute atomic E-state index is 0.205. The summed E-state index contributed by atoms with van der Waals surface area (Å²) in [7, 11) is 0. The number of aryl methyl sites for hydroxylation is 2. The van der Waals surface area contributed by atoms with Gasteiger partial charge in [-0.25, -0.2) is 0 Å². The van der Waals surface area contributed by atoms with Gasteiger partial charge in [0.2, 0.25) is 5.78 Å². The van der Waals surface area contributed by atoms with Crippen LogP contribution in [0.4, 0.5) is 5.69 Å². The maximum absolute atomic E-state index is 12.5. The van der Waals surface area contributed by atoms with Gasteiger partial charge in [0.15, 0.2) is 5.69 Å². The summed E-state index contributed by atoms with van der Waals surface area (Å²) >= 11 is 0. The number of anilines is 1. The van der Waals surface area contributed by atoms with Gasteiger partial charge < -0.3 is 5.73 Å². The molecule has 4 heteroatoms. The third-order valence-corrected chi connectivity index (χ3v) is 3.56. The fraction of sp³-hybridized carbons (Fsp3) is 0.118. The van der Waals surface area contributed by atoms with Gasteiger partial charge in [0.25, 0.3) is 0 Å². The van der Waals surface area contributed by atoms with Crippen molar-refractivity contribution in [1.82, 2.24) is 10.2 Å². The molecule has 0 aliphatic rings. The topological polar surface area (TPSA) is 68.9 Å². The van der Waals surface area contributed by atoms with Crippen LogP contribution in [0.5, 0.6) is 0 Å². The number of fused-ring (bicyclic) bond motifs is 1. The van der Waals surface area contributed by atoms with Crippen LogP contribution >= 0.6 is 0 Å². The van der Waals surface area contributed by atoms with E-state index in [1.54, 1.807) is 12.1 Å². The van der Waals surface area contributed by atoms with E-state index in [0.717, 1.165) is 22.0 Å². The van der Waals surface area contributed by atoms with Crippen LogP contribution in [-0.2, 0) is 0 Å². The first-order valence-electron chi connectivity index (χ1n) is 6.71. The summed E-state index contributed by atoms with van der Waals surface area (Å²) in [4.78, 5) is 12.5. The molecule has 4 nitrogen and oxygen atoms in total. The molecule has 0 saturated heterocycles. The number of benzene rings is 2. The first-order chi connectivity index (χ1) is 10.1. The van der Waals surface area contributed by atoms with Gasteiger partial charge in [-0.05, 0) is 19.4 Å². The Kier molecular flexibility index (Phi) is 3.14. The third kappa shape index (κ3) is 2.25. The Morgan fingerprint density at radius 1 is 1.00 bits per heavy atom. The summed E-state index contributed by atoms with van der Waals surface area (Å²) in [5, 5.41) is 8.96. The summed E-state index contributed by atoms with van der Waals surface area (Å²) in [5.41, 5.74) is 10.1. The van der Waals surface area contributed by atoms with E-state index in [1.807, 2.05) is 44.2 Å². The minimum atomic E-state index is -0.205. The van der Waals surface area contributed by atoms with Crippen LogP contribution in [0, 0.1) is 13.8 Å². The van der Waals surface area contributed by atoms with E-state index in [4.69, 9.17) is 5.73 Å². The highest BCUT2D eigenvalue weighted by molar-refractivity contribution is 6.14. The number of rotatable bonds is 2. The molecule has 0 spiro atoms. The molecule has 0 radical (unpaired) electrons. The fourth-order valence-electron chi connectivity index (χ4n) is 2.30. The summed E-state index contributed by atoms with van der Waals surface area (Å²) in [6.45, 7) is 3.92. The molecular weight excluding hydrogens is 262 g/mol. The molecular formula is C17H15N3O. The van der Waals surface area contributed by atoms with Crippen LogP contribution in [0.25, 0.3) is 10.9 Å². The second-order valence-electron chi connectivity index (χ2n) is 5.13. The number of carbonyl (C=O) groups excluding carboxylic acids is 1. The van der Waals surface area contributed by atoms with Crippen molar-refractivity contribution in [2.45, 2.75) is 13.8 Å². The highest BCUT2D eigenvalue weighted by Gasteiger charge is 2.17. The van der Waals surface area contributed by atoms with Crippen molar-refractivity contribution in [3.8, 4) is 0 Å². The third-order valence-electron chi connectivity index (χ3n) is 3.56. The van der Waals surface area contributed by atoms with Crippen molar-refractivity contribution in [1.29, 1.82) is 0 Å². The standard InChI is InChI=1S/C17H15N3O/c1-10-6-8-12(9-7-10)17(21)16-14(18)13-5-3-4-11(2)15(13)19-20-16/h3-9H,1-2H3,(H2,18,19). The van der Waals surface area contributed by atoms with E-state index in [1.165, 1.54) is 0 Å². The Bertz CT molecular complexity index is 839. The number of hydrogen-bond acceptors (Lipinski definition) is 4. The molecule has 3 rings (SSSR count). The SMILES string of the molecule is Cc1ccc(C(=O)c2nnc3c(C)cccc3c2N)cc1. The van der Waals surface area contributed by atoms with Crippen molar-refractivity contribution in [3.63, 3.8) is 0 Å². The molecule has 0 aliphatic carbocycles. The summed E-state index contributed by atoms with van der Waals surface area (Å²) < 4.78 is 0. The lowest BCUT2D eigenvalue weighted by molar-refractivity contribution is 0.103. The van der Waals surface area contributed by atoms with Gasteiger partial charge in [0.05, 0.1) is 11.2 Å². The number of carbonyl (C=O) groups is 1. The maximum Gasteiger partial charge on any atom is 0.215 e. The summed E-state index contributed by atoms with van der Waals surface area (Å²) in [6, 6.07) is 13.0. The summed E-state index contributed by atoms with van der Waals surface area (Å²) in [6.07, 6.45) is 0. The van der Waals surface area contributed by atoms with Crippen molar-refractivity contribution in [2.75, 3.05) is 5.73 Å². The Morgan fingerprint density at radius 2 is 1.71 bits per heavy atom. The molecule has 1 aromatic heterocycles. The van der Waals surface area contributed by atoms with Crippen LogP contribution in [0.2, 0.25) is 0 Å². The smallest absolute Gasteiger partial charge is 0.215 e. The van der Waals surface area contributed by atoms with Crippen molar-refractivity contribution in [3.05, 3.63) is 64.8 Å². The maximum atomic E-state index is 12.5. The van der Waals surface area contributed by atoms with E-state index in [0.29, 0.717) is 11.3 Å². The van der Waals surface area contributed by atoms with Gasteiger partial charge in [-0.15, -0.1) is 10.2 Å². The Balaban J connectivity index is 2.15. The Labute approximate surface area is 122 Å². The molecule has 0 amide bonds. The van der Waals surface area contributed by atoms with Crippen molar-refractivity contribution < 1.29 is 4.79 Å². The van der Waals surface area contributed by atoms with Crippen LogP contribution in [0.1, 0.15) is 27.2 Å². The Hall–Kier alpha value is -2.75. The number of ketones is 1. The minimum Gasteiger partial charge on any atom is -0.396 e. The van der Waals surface area contributed by atoms with Crippen LogP contribution < -0.4 is 5.73 Å². The number of nitrogens with two attached hydrogens (primary N) is 1. The zero-order valence-corrected chi connectivity index (χ0v) is 11.9. The highest BCUT2D eigenvalue weighted by Crippen LogP contribution is 2.25. The van der Waals surface area contributed by atoms with E-state index in [-0.39, 0.29) is 11.5 Å². The largest absolute Gasteiger partial charge is 0.396 e. The van der Waals surface area contributed by atoms with Crippen LogP contribution in [0.3, 0.4) is 0 Å². The zero-order valence-electron chi connectivity index (χ0n) is 11.9. The van der Waals surface area contributed by atoms with Gasteiger partial charge in [0.1, 0.15) is 0 Å². The average Bonchev–Trinajstić information content (AvgIpc) is 2.49. The van der Waals surface area contributed by atoms with Gasteiger partial charge in [-0.3, -0.25) is 4.79 Å². The van der Waals surface area contributed by atoms with Crippen molar-refractivity contribution in [2.24, 2.45) is 0 Å². The normalized spacial score (nSPS) is 10.8. The lowest BCUT2D eigenvalue weighted by Crippen LogP contribution is -2.10. The predicted molar refractivity (Wildman–Crippen MR) is 83.3 cm³/mol.